The van der Waals surface area contributed by atoms with Crippen LogP contribution in [0.15, 0.2) is 42.7 Å². The predicted molar refractivity (Wildman–Crippen MR) is 63.6 cm³/mol. The largest absolute Gasteiger partial charge is 0.478 e. The maximum atomic E-state index is 11.3. The SMILES string of the molecule is O=C(O)c1cc2ccccc2cc1-n1cnnn1. The summed E-state index contributed by atoms with van der Waals surface area (Å²) in [7, 11) is 0. The number of carbonyl (C=O) groups is 1. The van der Waals surface area contributed by atoms with Crippen molar-refractivity contribution in [1.29, 1.82) is 0 Å². The van der Waals surface area contributed by atoms with Gasteiger partial charge in [-0.3, -0.25) is 0 Å². The number of carboxylic acids is 1. The Morgan fingerprint density at radius 1 is 1.17 bits per heavy atom. The highest BCUT2D eigenvalue weighted by atomic mass is 16.4. The van der Waals surface area contributed by atoms with Gasteiger partial charge in [0.25, 0.3) is 0 Å². The number of hydrogen-bond donors (Lipinski definition) is 1. The normalized spacial score (nSPS) is 10.7. The molecule has 0 saturated carbocycles. The average Bonchev–Trinajstić information content (AvgIpc) is 2.91. The van der Waals surface area contributed by atoms with Gasteiger partial charge in [-0.15, -0.1) is 5.10 Å². The molecule has 6 heteroatoms. The molecule has 1 N–H and O–H groups in total. The summed E-state index contributed by atoms with van der Waals surface area (Å²) in [6.07, 6.45) is 1.37. The molecule has 0 atom stereocenters. The summed E-state index contributed by atoms with van der Waals surface area (Å²) < 4.78 is 1.34. The molecule has 6 nitrogen and oxygen atoms in total. The zero-order chi connectivity index (χ0) is 12.5. The lowest BCUT2D eigenvalue weighted by Crippen LogP contribution is -2.06. The van der Waals surface area contributed by atoms with Gasteiger partial charge in [0.15, 0.2) is 0 Å². The van der Waals surface area contributed by atoms with Gasteiger partial charge in [-0.05, 0) is 33.3 Å². The second-order valence-corrected chi connectivity index (χ2v) is 3.78. The molecule has 2 aromatic carbocycles. The summed E-state index contributed by atoms with van der Waals surface area (Å²) >= 11 is 0. The van der Waals surface area contributed by atoms with E-state index in [0.29, 0.717) is 5.69 Å². The highest BCUT2D eigenvalue weighted by molar-refractivity contribution is 5.98. The highest BCUT2D eigenvalue weighted by Crippen LogP contribution is 2.22. The molecule has 0 amide bonds. The minimum Gasteiger partial charge on any atom is -0.478 e. The first-order valence-electron chi connectivity index (χ1n) is 5.25. The van der Waals surface area contributed by atoms with Gasteiger partial charge >= 0.3 is 5.97 Å². The van der Waals surface area contributed by atoms with Crippen molar-refractivity contribution in [3.8, 4) is 5.69 Å². The molecule has 1 heterocycles. The molecular formula is C12H8N4O2. The number of tetrazole rings is 1. The molecule has 0 aliphatic rings. The molecule has 3 rings (SSSR count). The van der Waals surface area contributed by atoms with Gasteiger partial charge in [0, 0.05) is 0 Å². The van der Waals surface area contributed by atoms with E-state index in [1.807, 2.05) is 24.3 Å². The molecule has 0 fully saturated rings. The zero-order valence-electron chi connectivity index (χ0n) is 9.19. The van der Waals surface area contributed by atoms with Crippen LogP contribution in [0.4, 0.5) is 0 Å². The molecular weight excluding hydrogens is 232 g/mol. The molecule has 0 spiro atoms. The van der Waals surface area contributed by atoms with Crippen LogP contribution < -0.4 is 0 Å². The van der Waals surface area contributed by atoms with Gasteiger partial charge < -0.3 is 5.11 Å². The molecule has 0 radical (unpaired) electrons. The first-order chi connectivity index (χ1) is 8.75. The summed E-state index contributed by atoms with van der Waals surface area (Å²) in [5.41, 5.74) is 0.618. The van der Waals surface area contributed by atoms with Crippen molar-refractivity contribution >= 4 is 16.7 Å². The van der Waals surface area contributed by atoms with Crippen LogP contribution in [0.5, 0.6) is 0 Å². The van der Waals surface area contributed by atoms with Gasteiger partial charge in [-0.2, -0.15) is 4.68 Å². The molecule has 0 bridgehead atoms. The van der Waals surface area contributed by atoms with E-state index in [1.54, 1.807) is 12.1 Å². The lowest BCUT2D eigenvalue weighted by Gasteiger charge is -2.07. The smallest absolute Gasteiger partial charge is 0.337 e. The maximum Gasteiger partial charge on any atom is 0.337 e. The van der Waals surface area contributed by atoms with E-state index < -0.39 is 5.97 Å². The van der Waals surface area contributed by atoms with Crippen LogP contribution in [-0.4, -0.2) is 31.3 Å². The van der Waals surface area contributed by atoms with Gasteiger partial charge in [0.1, 0.15) is 6.33 Å². The number of aromatic nitrogens is 4. The summed E-state index contributed by atoms with van der Waals surface area (Å²) in [6, 6.07) is 10.9. The Labute approximate surface area is 101 Å². The summed E-state index contributed by atoms with van der Waals surface area (Å²) in [4.78, 5) is 11.3. The van der Waals surface area contributed by atoms with Crippen LogP contribution in [0.25, 0.3) is 16.5 Å². The first kappa shape index (κ1) is 10.4. The topological polar surface area (TPSA) is 80.9 Å². The van der Waals surface area contributed by atoms with Gasteiger partial charge in [0.2, 0.25) is 0 Å². The van der Waals surface area contributed by atoms with Crippen molar-refractivity contribution in [1.82, 2.24) is 20.2 Å². The molecule has 0 unspecified atom stereocenters. The second-order valence-electron chi connectivity index (χ2n) is 3.78. The van der Waals surface area contributed by atoms with E-state index >= 15 is 0 Å². The fraction of sp³-hybridized carbons (Fsp3) is 0. The summed E-state index contributed by atoms with van der Waals surface area (Å²) in [5, 5.41) is 21.8. The van der Waals surface area contributed by atoms with E-state index in [-0.39, 0.29) is 5.56 Å². The van der Waals surface area contributed by atoms with Crippen molar-refractivity contribution in [2.75, 3.05) is 0 Å². The standard InChI is InChI=1S/C12H8N4O2/c17-12(18)10-5-8-3-1-2-4-9(8)6-11(10)16-7-13-14-15-16/h1-7H,(H,17,18). The minimum absolute atomic E-state index is 0.168. The fourth-order valence-corrected chi connectivity index (χ4v) is 1.86. The Bertz CT molecular complexity index is 722. The van der Waals surface area contributed by atoms with Crippen LogP contribution in [-0.2, 0) is 0 Å². The lowest BCUT2D eigenvalue weighted by atomic mass is 10.0. The Kier molecular flexibility index (Phi) is 2.26. The van der Waals surface area contributed by atoms with Gasteiger partial charge in [-0.1, -0.05) is 24.3 Å². The van der Waals surface area contributed by atoms with Crippen LogP contribution in [0.1, 0.15) is 10.4 Å². The lowest BCUT2D eigenvalue weighted by molar-refractivity contribution is 0.0697. The zero-order valence-corrected chi connectivity index (χ0v) is 9.19. The number of nitrogens with zero attached hydrogens (tertiary/aromatic N) is 4. The molecule has 3 aromatic rings. The maximum absolute atomic E-state index is 11.3. The summed E-state index contributed by atoms with van der Waals surface area (Å²) in [6.45, 7) is 0. The van der Waals surface area contributed by atoms with E-state index in [4.69, 9.17) is 0 Å². The average molecular weight is 240 g/mol. The number of carboxylic acid groups (broad SMARTS) is 1. The van der Waals surface area contributed by atoms with Crippen molar-refractivity contribution in [2.24, 2.45) is 0 Å². The summed E-state index contributed by atoms with van der Waals surface area (Å²) in [5.74, 6) is -1.01. The van der Waals surface area contributed by atoms with E-state index in [9.17, 15) is 9.90 Å². The predicted octanol–water partition coefficient (Wildman–Crippen LogP) is 1.51. The molecule has 88 valence electrons. The highest BCUT2D eigenvalue weighted by Gasteiger charge is 2.13. The monoisotopic (exact) mass is 240 g/mol. The number of fused-ring (bicyclic) bond motifs is 1. The van der Waals surface area contributed by atoms with Crippen molar-refractivity contribution in [3.63, 3.8) is 0 Å². The van der Waals surface area contributed by atoms with Crippen LogP contribution in [0, 0.1) is 0 Å². The van der Waals surface area contributed by atoms with Crippen molar-refractivity contribution in [3.05, 3.63) is 48.3 Å². The Hall–Kier alpha value is -2.76. The van der Waals surface area contributed by atoms with Crippen LogP contribution in [0.3, 0.4) is 0 Å². The third kappa shape index (κ3) is 1.60. The fourth-order valence-electron chi connectivity index (χ4n) is 1.86. The van der Waals surface area contributed by atoms with Gasteiger partial charge in [0.05, 0.1) is 11.3 Å². The van der Waals surface area contributed by atoms with Gasteiger partial charge in [-0.25, -0.2) is 4.79 Å². The van der Waals surface area contributed by atoms with Crippen molar-refractivity contribution < 1.29 is 9.90 Å². The van der Waals surface area contributed by atoms with E-state index in [1.165, 1.54) is 11.0 Å². The Balaban J connectivity index is 2.34. The van der Waals surface area contributed by atoms with Crippen LogP contribution in [0.2, 0.25) is 0 Å². The number of aromatic carboxylic acids is 1. The van der Waals surface area contributed by atoms with Crippen LogP contribution >= 0.6 is 0 Å². The number of rotatable bonds is 2. The molecule has 0 saturated heterocycles. The number of benzene rings is 2. The minimum atomic E-state index is -1.01. The first-order valence-corrected chi connectivity index (χ1v) is 5.25. The molecule has 0 aliphatic carbocycles. The third-order valence-corrected chi connectivity index (χ3v) is 2.69. The molecule has 18 heavy (non-hydrogen) atoms. The van der Waals surface area contributed by atoms with E-state index in [2.05, 4.69) is 15.5 Å². The van der Waals surface area contributed by atoms with E-state index in [0.717, 1.165) is 10.8 Å². The van der Waals surface area contributed by atoms with Crippen molar-refractivity contribution in [2.45, 2.75) is 0 Å². The second kappa shape index (κ2) is 3.92. The molecule has 0 aliphatic heterocycles. The number of hydrogen-bond acceptors (Lipinski definition) is 4. The Morgan fingerprint density at radius 2 is 1.89 bits per heavy atom. The third-order valence-electron chi connectivity index (χ3n) is 2.69. The molecule has 1 aromatic heterocycles. The Morgan fingerprint density at radius 3 is 2.50 bits per heavy atom. The quantitative estimate of drug-likeness (QED) is 0.734.